The van der Waals surface area contributed by atoms with E-state index in [1.165, 1.54) is 5.56 Å². The SMILES string of the molecule is CCc1ccc(CNCc2ccc(C)nc2)o1. The van der Waals surface area contributed by atoms with E-state index >= 15 is 0 Å². The molecule has 0 atom stereocenters. The Morgan fingerprint density at radius 1 is 1.12 bits per heavy atom. The van der Waals surface area contributed by atoms with Crippen LogP contribution in [0, 0.1) is 6.92 Å². The summed E-state index contributed by atoms with van der Waals surface area (Å²) >= 11 is 0. The monoisotopic (exact) mass is 230 g/mol. The van der Waals surface area contributed by atoms with Crippen molar-refractivity contribution < 1.29 is 4.42 Å². The van der Waals surface area contributed by atoms with Crippen LogP contribution in [0.3, 0.4) is 0 Å². The standard InChI is InChI=1S/C14H18N2O/c1-3-13-6-7-14(17-13)10-15-8-12-5-4-11(2)16-9-12/h4-7,9,15H,3,8,10H2,1-2H3. The van der Waals surface area contributed by atoms with Gasteiger partial charge in [-0.2, -0.15) is 0 Å². The molecule has 0 aromatic carbocycles. The van der Waals surface area contributed by atoms with Gasteiger partial charge in [0.25, 0.3) is 0 Å². The number of hydrogen-bond donors (Lipinski definition) is 1. The first-order valence-electron chi connectivity index (χ1n) is 5.97. The van der Waals surface area contributed by atoms with Crippen LogP contribution in [0.2, 0.25) is 0 Å². The Morgan fingerprint density at radius 3 is 2.59 bits per heavy atom. The number of nitrogens with one attached hydrogen (secondary N) is 1. The van der Waals surface area contributed by atoms with Crippen molar-refractivity contribution >= 4 is 0 Å². The van der Waals surface area contributed by atoms with Crippen molar-refractivity contribution in [3.05, 3.63) is 53.2 Å². The molecule has 2 rings (SSSR count). The molecule has 2 aromatic heterocycles. The van der Waals surface area contributed by atoms with Crippen molar-refractivity contribution in [1.29, 1.82) is 0 Å². The molecule has 2 aromatic rings. The van der Waals surface area contributed by atoms with Gasteiger partial charge in [0.15, 0.2) is 0 Å². The van der Waals surface area contributed by atoms with Crippen molar-refractivity contribution in [2.75, 3.05) is 0 Å². The number of aryl methyl sites for hydroxylation is 2. The van der Waals surface area contributed by atoms with Crippen LogP contribution in [0.25, 0.3) is 0 Å². The van der Waals surface area contributed by atoms with Crippen LogP contribution in [0.4, 0.5) is 0 Å². The third-order valence-electron chi connectivity index (χ3n) is 2.67. The number of hydrogen-bond acceptors (Lipinski definition) is 3. The summed E-state index contributed by atoms with van der Waals surface area (Å²) in [5.74, 6) is 2.03. The minimum absolute atomic E-state index is 0.758. The van der Waals surface area contributed by atoms with Crippen LogP contribution in [-0.4, -0.2) is 4.98 Å². The molecule has 0 spiro atoms. The maximum absolute atomic E-state index is 5.61. The fourth-order valence-corrected chi connectivity index (χ4v) is 1.64. The molecule has 3 heteroatoms. The highest BCUT2D eigenvalue weighted by Crippen LogP contribution is 2.08. The molecule has 90 valence electrons. The number of nitrogens with zero attached hydrogens (tertiary/aromatic N) is 1. The quantitative estimate of drug-likeness (QED) is 0.858. The number of rotatable bonds is 5. The maximum Gasteiger partial charge on any atom is 0.117 e. The van der Waals surface area contributed by atoms with Crippen LogP contribution in [-0.2, 0) is 19.5 Å². The van der Waals surface area contributed by atoms with Crippen LogP contribution >= 0.6 is 0 Å². The van der Waals surface area contributed by atoms with E-state index < -0.39 is 0 Å². The lowest BCUT2D eigenvalue weighted by atomic mass is 10.2. The lowest BCUT2D eigenvalue weighted by Crippen LogP contribution is -2.12. The molecule has 0 aliphatic carbocycles. The van der Waals surface area contributed by atoms with Gasteiger partial charge in [-0.1, -0.05) is 13.0 Å². The second kappa shape index (κ2) is 5.64. The molecule has 3 nitrogen and oxygen atoms in total. The molecule has 0 saturated heterocycles. The third-order valence-corrected chi connectivity index (χ3v) is 2.67. The van der Waals surface area contributed by atoms with Gasteiger partial charge < -0.3 is 9.73 Å². The number of aromatic nitrogens is 1. The van der Waals surface area contributed by atoms with Gasteiger partial charge in [0.1, 0.15) is 11.5 Å². The largest absolute Gasteiger partial charge is 0.465 e. The molecule has 2 heterocycles. The van der Waals surface area contributed by atoms with Crippen molar-refractivity contribution in [2.24, 2.45) is 0 Å². The summed E-state index contributed by atoms with van der Waals surface area (Å²) in [5, 5.41) is 3.34. The summed E-state index contributed by atoms with van der Waals surface area (Å²) in [6.45, 7) is 5.66. The van der Waals surface area contributed by atoms with Crippen molar-refractivity contribution in [3.8, 4) is 0 Å². The zero-order chi connectivity index (χ0) is 12.1. The minimum atomic E-state index is 0.758. The lowest BCUT2D eigenvalue weighted by Gasteiger charge is -2.03. The first kappa shape index (κ1) is 11.9. The van der Waals surface area contributed by atoms with Gasteiger partial charge >= 0.3 is 0 Å². The highest BCUT2D eigenvalue weighted by Gasteiger charge is 2.00. The fourth-order valence-electron chi connectivity index (χ4n) is 1.64. The molecule has 0 aliphatic rings. The third kappa shape index (κ3) is 3.43. The minimum Gasteiger partial charge on any atom is -0.465 e. The van der Waals surface area contributed by atoms with E-state index in [1.807, 2.05) is 31.3 Å². The van der Waals surface area contributed by atoms with Gasteiger partial charge in [-0.05, 0) is 30.7 Å². The first-order chi connectivity index (χ1) is 8.28. The summed E-state index contributed by atoms with van der Waals surface area (Å²) in [6, 6.07) is 8.18. The van der Waals surface area contributed by atoms with E-state index in [-0.39, 0.29) is 0 Å². The smallest absolute Gasteiger partial charge is 0.117 e. The van der Waals surface area contributed by atoms with Crippen molar-refractivity contribution in [2.45, 2.75) is 33.4 Å². The molecule has 0 bridgehead atoms. The molecule has 0 fully saturated rings. The normalized spacial score (nSPS) is 10.7. The van der Waals surface area contributed by atoms with Crippen LogP contribution in [0.1, 0.15) is 29.7 Å². The zero-order valence-corrected chi connectivity index (χ0v) is 10.4. The van der Waals surface area contributed by atoms with E-state index in [0.29, 0.717) is 0 Å². The Kier molecular flexibility index (Phi) is 3.94. The highest BCUT2D eigenvalue weighted by molar-refractivity contribution is 5.13. The number of furan rings is 1. The first-order valence-corrected chi connectivity index (χ1v) is 5.97. The second-order valence-corrected chi connectivity index (χ2v) is 4.13. The summed E-state index contributed by atoms with van der Waals surface area (Å²) < 4.78 is 5.61. The highest BCUT2D eigenvalue weighted by atomic mass is 16.3. The maximum atomic E-state index is 5.61. The van der Waals surface area contributed by atoms with Gasteiger partial charge in [0.2, 0.25) is 0 Å². The predicted octanol–water partition coefficient (Wildman–Crippen LogP) is 2.84. The van der Waals surface area contributed by atoms with E-state index in [0.717, 1.165) is 36.7 Å². The Labute approximate surface area is 102 Å². The Hall–Kier alpha value is -1.61. The molecule has 0 amide bonds. The van der Waals surface area contributed by atoms with Crippen LogP contribution < -0.4 is 5.32 Å². The van der Waals surface area contributed by atoms with Crippen molar-refractivity contribution in [3.63, 3.8) is 0 Å². The van der Waals surface area contributed by atoms with Gasteiger partial charge in [0, 0.05) is 24.9 Å². The van der Waals surface area contributed by atoms with Gasteiger partial charge in [0.05, 0.1) is 6.54 Å². The molecule has 0 aliphatic heterocycles. The summed E-state index contributed by atoms with van der Waals surface area (Å²) in [6.07, 6.45) is 2.85. The summed E-state index contributed by atoms with van der Waals surface area (Å²) in [5.41, 5.74) is 2.24. The Bertz CT molecular complexity index is 459. The average molecular weight is 230 g/mol. The molecule has 17 heavy (non-hydrogen) atoms. The number of pyridine rings is 1. The molecule has 0 radical (unpaired) electrons. The topological polar surface area (TPSA) is 38.1 Å². The van der Waals surface area contributed by atoms with Crippen LogP contribution in [0.15, 0.2) is 34.9 Å². The van der Waals surface area contributed by atoms with E-state index in [2.05, 4.69) is 23.3 Å². The second-order valence-electron chi connectivity index (χ2n) is 4.13. The lowest BCUT2D eigenvalue weighted by molar-refractivity contribution is 0.450. The van der Waals surface area contributed by atoms with E-state index in [9.17, 15) is 0 Å². The summed E-state index contributed by atoms with van der Waals surface area (Å²) in [7, 11) is 0. The molecular weight excluding hydrogens is 212 g/mol. The van der Waals surface area contributed by atoms with E-state index in [4.69, 9.17) is 4.42 Å². The van der Waals surface area contributed by atoms with Crippen molar-refractivity contribution in [1.82, 2.24) is 10.3 Å². The molecule has 0 unspecified atom stereocenters. The molecule has 0 saturated carbocycles. The van der Waals surface area contributed by atoms with E-state index in [1.54, 1.807) is 0 Å². The van der Waals surface area contributed by atoms with Gasteiger partial charge in [-0.3, -0.25) is 4.98 Å². The average Bonchev–Trinajstić information content (AvgIpc) is 2.80. The Balaban J connectivity index is 1.81. The van der Waals surface area contributed by atoms with Gasteiger partial charge in [-0.15, -0.1) is 0 Å². The molecule has 1 N–H and O–H groups in total. The van der Waals surface area contributed by atoms with Gasteiger partial charge in [-0.25, -0.2) is 0 Å². The summed E-state index contributed by atoms with van der Waals surface area (Å²) in [4.78, 5) is 4.26. The predicted molar refractivity (Wildman–Crippen MR) is 67.6 cm³/mol. The fraction of sp³-hybridized carbons (Fsp3) is 0.357. The van der Waals surface area contributed by atoms with Crippen LogP contribution in [0.5, 0.6) is 0 Å². The molecular formula is C14H18N2O. The Morgan fingerprint density at radius 2 is 1.94 bits per heavy atom. The zero-order valence-electron chi connectivity index (χ0n) is 10.4.